The van der Waals surface area contributed by atoms with E-state index in [4.69, 9.17) is 5.73 Å². The van der Waals surface area contributed by atoms with Crippen LogP contribution in [-0.2, 0) is 10.0 Å². The molecule has 2 rings (SSSR count). The van der Waals surface area contributed by atoms with E-state index < -0.39 is 21.5 Å². The van der Waals surface area contributed by atoms with Crippen molar-refractivity contribution >= 4 is 15.9 Å². The number of carbonyl (C=O) groups excluding carboxylic acids is 1. The van der Waals surface area contributed by atoms with Gasteiger partial charge in [-0.05, 0) is 24.3 Å². The van der Waals surface area contributed by atoms with Crippen LogP contribution in [0.3, 0.4) is 0 Å². The van der Waals surface area contributed by atoms with Crippen molar-refractivity contribution in [2.24, 2.45) is 5.73 Å². The zero-order valence-corrected chi connectivity index (χ0v) is 11.7. The van der Waals surface area contributed by atoms with Crippen LogP contribution in [-0.4, -0.2) is 25.0 Å². The first kappa shape index (κ1) is 14.9. The summed E-state index contributed by atoms with van der Waals surface area (Å²) >= 11 is 0. The van der Waals surface area contributed by atoms with Crippen molar-refractivity contribution in [3.8, 4) is 0 Å². The highest BCUT2D eigenvalue weighted by Crippen LogP contribution is 2.14. The van der Waals surface area contributed by atoms with E-state index in [0.29, 0.717) is 3.97 Å². The smallest absolute Gasteiger partial charge is 0.270 e. The monoisotopic (exact) mass is 307 g/mol. The molecule has 0 spiro atoms. The van der Waals surface area contributed by atoms with E-state index in [0.717, 1.165) is 12.3 Å². The van der Waals surface area contributed by atoms with Gasteiger partial charge in [0.1, 0.15) is 0 Å². The molecule has 0 unspecified atom stereocenters. The van der Waals surface area contributed by atoms with Gasteiger partial charge < -0.3 is 11.1 Å². The summed E-state index contributed by atoms with van der Waals surface area (Å²) in [5.41, 5.74) is 4.68. The van der Waals surface area contributed by atoms with Crippen molar-refractivity contribution in [2.75, 3.05) is 6.67 Å². The molecule has 110 valence electrons. The normalized spacial score (nSPS) is 11.1. The number of benzene rings is 1. The predicted octanol–water partition coefficient (Wildman–Crippen LogP) is -0.269. The second-order valence-corrected chi connectivity index (χ2v) is 5.89. The highest BCUT2D eigenvalue weighted by molar-refractivity contribution is 7.90. The zero-order chi connectivity index (χ0) is 15.5. The van der Waals surface area contributed by atoms with Gasteiger partial charge in [0.05, 0.1) is 11.6 Å². The molecule has 3 N–H and O–H groups in total. The van der Waals surface area contributed by atoms with Crippen LogP contribution in [0.2, 0.25) is 0 Å². The average Bonchev–Trinajstić information content (AvgIpc) is 2.48. The Morgan fingerprint density at radius 1 is 1.19 bits per heavy atom. The van der Waals surface area contributed by atoms with Crippen LogP contribution < -0.4 is 16.6 Å². The van der Waals surface area contributed by atoms with Gasteiger partial charge in [-0.3, -0.25) is 9.59 Å². The second kappa shape index (κ2) is 5.90. The largest absolute Gasteiger partial charge is 0.340 e. The standard InChI is InChI=1S/C13H13N3O4S/c14-9-15-13(18)10-4-3-5-11(8-10)21(19,20)16-7-2-1-6-12(16)17/h1-8H,9,14H2,(H,15,18). The van der Waals surface area contributed by atoms with Crippen LogP contribution >= 0.6 is 0 Å². The maximum atomic E-state index is 12.4. The lowest BCUT2D eigenvalue weighted by atomic mass is 10.2. The minimum Gasteiger partial charge on any atom is -0.340 e. The lowest BCUT2D eigenvalue weighted by Gasteiger charge is -2.08. The van der Waals surface area contributed by atoms with Crippen LogP contribution in [0, 0.1) is 0 Å². The minimum absolute atomic E-state index is 0.0616. The Balaban J connectivity index is 2.52. The molecule has 1 aromatic carbocycles. The maximum Gasteiger partial charge on any atom is 0.270 e. The molecule has 1 aromatic heterocycles. The van der Waals surface area contributed by atoms with Gasteiger partial charge in [-0.2, -0.15) is 0 Å². The molecule has 21 heavy (non-hydrogen) atoms. The van der Waals surface area contributed by atoms with Crippen molar-refractivity contribution in [1.29, 1.82) is 0 Å². The van der Waals surface area contributed by atoms with E-state index in [2.05, 4.69) is 5.32 Å². The second-order valence-electron chi connectivity index (χ2n) is 4.08. The third-order valence-corrected chi connectivity index (χ3v) is 4.37. The molecule has 1 amide bonds. The number of hydrogen-bond acceptors (Lipinski definition) is 5. The summed E-state index contributed by atoms with van der Waals surface area (Å²) in [5.74, 6) is -0.491. The summed E-state index contributed by atoms with van der Waals surface area (Å²) in [6, 6.07) is 9.41. The number of aromatic nitrogens is 1. The molecule has 0 aliphatic carbocycles. The summed E-state index contributed by atoms with van der Waals surface area (Å²) in [7, 11) is -4.05. The van der Waals surface area contributed by atoms with E-state index in [1.165, 1.54) is 36.4 Å². The van der Waals surface area contributed by atoms with E-state index >= 15 is 0 Å². The number of rotatable bonds is 4. The third-order valence-electron chi connectivity index (χ3n) is 2.70. The van der Waals surface area contributed by atoms with E-state index in [-0.39, 0.29) is 17.1 Å². The van der Waals surface area contributed by atoms with Crippen molar-refractivity contribution in [3.05, 3.63) is 64.6 Å². The van der Waals surface area contributed by atoms with E-state index in [1.807, 2.05) is 0 Å². The van der Waals surface area contributed by atoms with Crippen molar-refractivity contribution < 1.29 is 13.2 Å². The number of nitrogens with zero attached hydrogens (tertiary/aromatic N) is 1. The molecule has 2 aromatic rings. The fraction of sp³-hybridized carbons (Fsp3) is 0.0769. The maximum absolute atomic E-state index is 12.4. The Morgan fingerprint density at radius 3 is 2.62 bits per heavy atom. The Kier molecular flexibility index (Phi) is 4.20. The van der Waals surface area contributed by atoms with Gasteiger partial charge in [0.15, 0.2) is 0 Å². The number of nitrogens with one attached hydrogen (secondary N) is 1. The Morgan fingerprint density at radius 2 is 1.95 bits per heavy atom. The fourth-order valence-corrected chi connectivity index (χ4v) is 3.00. The van der Waals surface area contributed by atoms with Gasteiger partial charge in [0, 0.05) is 17.8 Å². The molecule has 0 radical (unpaired) electrons. The number of hydrogen-bond donors (Lipinski definition) is 2. The fourth-order valence-electron chi connectivity index (χ4n) is 1.72. The van der Waals surface area contributed by atoms with Gasteiger partial charge in [0.25, 0.3) is 21.5 Å². The molecule has 8 heteroatoms. The number of carbonyl (C=O) groups is 1. The van der Waals surface area contributed by atoms with Crippen LogP contribution in [0.5, 0.6) is 0 Å². The van der Waals surface area contributed by atoms with E-state index in [9.17, 15) is 18.0 Å². The SMILES string of the molecule is NCNC(=O)c1cccc(S(=O)(=O)n2ccccc2=O)c1. The molecule has 0 fully saturated rings. The summed E-state index contributed by atoms with van der Waals surface area (Å²) < 4.78 is 25.4. The van der Waals surface area contributed by atoms with Crippen LogP contribution in [0.15, 0.2) is 58.4 Å². The lowest BCUT2D eigenvalue weighted by molar-refractivity contribution is 0.0954. The Hall–Kier alpha value is -2.45. The van der Waals surface area contributed by atoms with Gasteiger partial charge in [-0.15, -0.1) is 0 Å². The topological polar surface area (TPSA) is 111 Å². The zero-order valence-electron chi connectivity index (χ0n) is 10.9. The molecule has 0 saturated carbocycles. The molecular weight excluding hydrogens is 294 g/mol. The molecule has 0 aliphatic heterocycles. The number of amides is 1. The number of pyridine rings is 1. The highest BCUT2D eigenvalue weighted by atomic mass is 32.2. The summed E-state index contributed by atoms with van der Waals surface area (Å²) in [6.07, 6.45) is 1.16. The highest BCUT2D eigenvalue weighted by Gasteiger charge is 2.19. The molecule has 0 aliphatic rings. The molecular formula is C13H13N3O4S. The lowest BCUT2D eigenvalue weighted by Crippen LogP contribution is -2.30. The van der Waals surface area contributed by atoms with Crippen LogP contribution in [0.1, 0.15) is 10.4 Å². The first-order chi connectivity index (χ1) is 9.96. The first-order valence-electron chi connectivity index (χ1n) is 5.98. The van der Waals surface area contributed by atoms with Crippen LogP contribution in [0.25, 0.3) is 0 Å². The van der Waals surface area contributed by atoms with Gasteiger partial charge in [-0.25, -0.2) is 12.4 Å². The van der Waals surface area contributed by atoms with Gasteiger partial charge in [-0.1, -0.05) is 12.1 Å². The minimum atomic E-state index is -4.05. The summed E-state index contributed by atoms with van der Waals surface area (Å²) in [4.78, 5) is 23.2. The molecule has 0 bridgehead atoms. The van der Waals surface area contributed by atoms with Crippen molar-refractivity contribution in [1.82, 2.24) is 9.29 Å². The summed E-state index contributed by atoms with van der Waals surface area (Å²) in [6.45, 7) is -0.0616. The molecule has 7 nitrogen and oxygen atoms in total. The van der Waals surface area contributed by atoms with Gasteiger partial charge >= 0.3 is 0 Å². The molecule has 0 saturated heterocycles. The average molecular weight is 307 g/mol. The molecule has 1 heterocycles. The van der Waals surface area contributed by atoms with Crippen molar-refractivity contribution in [3.63, 3.8) is 0 Å². The molecule has 0 atom stereocenters. The van der Waals surface area contributed by atoms with Crippen LogP contribution in [0.4, 0.5) is 0 Å². The Bertz CT molecular complexity index is 827. The van der Waals surface area contributed by atoms with Gasteiger partial charge in [0.2, 0.25) is 0 Å². The Labute approximate surface area is 121 Å². The first-order valence-corrected chi connectivity index (χ1v) is 7.42. The summed E-state index contributed by atoms with van der Waals surface area (Å²) in [5, 5.41) is 2.37. The quantitative estimate of drug-likeness (QED) is 0.755. The van der Waals surface area contributed by atoms with E-state index in [1.54, 1.807) is 0 Å². The predicted molar refractivity (Wildman–Crippen MR) is 76.2 cm³/mol. The third kappa shape index (κ3) is 3.01. The number of nitrogens with two attached hydrogens (primary N) is 1. The van der Waals surface area contributed by atoms with Crippen molar-refractivity contribution in [2.45, 2.75) is 4.90 Å².